The predicted molar refractivity (Wildman–Crippen MR) is 95.0 cm³/mol. The number of rotatable bonds is 5. The number of ether oxygens (including phenoxy) is 1. The molecule has 0 spiro atoms. The summed E-state index contributed by atoms with van der Waals surface area (Å²) >= 11 is 0. The lowest BCUT2D eigenvalue weighted by molar-refractivity contribution is -0.144. The van der Waals surface area contributed by atoms with Crippen LogP contribution >= 0.6 is 0 Å². The quantitative estimate of drug-likeness (QED) is 0.790. The van der Waals surface area contributed by atoms with Crippen molar-refractivity contribution < 1.29 is 18.7 Å². The van der Waals surface area contributed by atoms with Gasteiger partial charge in [0.15, 0.2) is 0 Å². The van der Waals surface area contributed by atoms with E-state index in [2.05, 4.69) is 5.32 Å². The van der Waals surface area contributed by atoms with Gasteiger partial charge in [0.25, 0.3) is 5.91 Å². The van der Waals surface area contributed by atoms with Crippen LogP contribution in [-0.2, 0) is 14.3 Å². The molecule has 2 saturated heterocycles. The second kappa shape index (κ2) is 8.57. The van der Waals surface area contributed by atoms with Gasteiger partial charge in [-0.3, -0.25) is 14.5 Å². The maximum absolute atomic E-state index is 12.9. The van der Waals surface area contributed by atoms with Crippen LogP contribution in [0.25, 0.3) is 0 Å². The third-order valence-corrected chi connectivity index (χ3v) is 4.83. The number of benzene rings is 1. The fraction of sp³-hybridized carbons (Fsp3) is 0.556. The number of amides is 2. The monoisotopic (exact) mass is 364 g/mol. The smallest absolute Gasteiger partial charge is 0.251 e. The van der Waals surface area contributed by atoms with Gasteiger partial charge in [-0.2, -0.15) is 0 Å². The largest absolute Gasteiger partial charge is 0.364 e. The first-order valence-electron chi connectivity index (χ1n) is 8.97. The second-order valence-corrected chi connectivity index (χ2v) is 6.72. The molecule has 1 aromatic rings. The molecule has 2 fully saturated rings. The molecule has 2 atom stereocenters. The minimum absolute atomic E-state index is 0.0135. The maximum Gasteiger partial charge on any atom is 0.251 e. The molecule has 142 valence electrons. The molecule has 0 unspecified atom stereocenters. The number of hydrogen-bond acceptors (Lipinski definition) is 5. The molecule has 2 heterocycles. The van der Waals surface area contributed by atoms with Gasteiger partial charge < -0.3 is 20.7 Å². The van der Waals surface area contributed by atoms with Crippen LogP contribution < -0.4 is 11.1 Å². The van der Waals surface area contributed by atoms with E-state index in [4.69, 9.17) is 10.5 Å². The molecule has 0 bridgehead atoms. The molecule has 0 aliphatic carbocycles. The molecule has 2 aliphatic heterocycles. The average molecular weight is 364 g/mol. The number of anilines is 1. The minimum atomic E-state index is -0.378. The van der Waals surface area contributed by atoms with Crippen LogP contribution in [0.5, 0.6) is 0 Å². The molecular weight excluding hydrogens is 339 g/mol. The Morgan fingerprint density at radius 1 is 1.15 bits per heavy atom. The maximum atomic E-state index is 12.9. The van der Waals surface area contributed by atoms with E-state index in [1.165, 1.54) is 24.3 Å². The first-order chi connectivity index (χ1) is 12.5. The Morgan fingerprint density at radius 3 is 2.46 bits per heavy atom. The van der Waals surface area contributed by atoms with Crippen LogP contribution in [0.4, 0.5) is 10.1 Å². The Bertz CT molecular complexity index is 632. The lowest BCUT2D eigenvalue weighted by Gasteiger charge is -2.35. The highest BCUT2D eigenvalue weighted by molar-refractivity contribution is 5.92. The molecule has 7 nitrogen and oxygen atoms in total. The summed E-state index contributed by atoms with van der Waals surface area (Å²) in [4.78, 5) is 28.4. The summed E-state index contributed by atoms with van der Waals surface area (Å²) in [6.07, 6.45) is 1.16. The van der Waals surface area contributed by atoms with Crippen molar-refractivity contribution in [1.82, 2.24) is 9.80 Å². The highest BCUT2D eigenvalue weighted by Crippen LogP contribution is 2.21. The van der Waals surface area contributed by atoms with Gasteiger partial charge in [0.2, 0.25) is 5.91 Å². The highest BCUT2D eigenvalue weighted by atomic mass is 19.1. The zero-order chi connectivity index (χ0) is 18.5. The molecule has 3 rings (SSSR count). The lowest BCUT2D eigenvalue weighted by Crippen LogP contribution is -2.52. The summed E-state index contributed by atoms with van der Waals surface area (Å²) in [7, 11) is 0. The van der Waals surface area contributed by atoms with Gasteiger partial charge >= 0.3 is 0 Å². The average Bonchev–Trinajstić information content (AvgIpc) is 3.13. The van der Waals surface area contributed by atoms with Gasteiger partial charge in [0.1, 0.15) is 11.9 Å². The van der Waals surface area contributed by atoms with Crippen molar-refractivity contribution in [3.63, 3.8) is 0 Å². The number of halogens is 1. The first-order valence-corrected chi connectivity index (χ1v) is 8.97. The number of nitrogens with one attached hydrogen (secondary N) is 1. The highest BCUT2D eigenvalue weighted by Gasteiger charge is 2.34. The number of piperazine rings is 1. The SMILES string of the molecule is NC[C@H]1CC[C@@H](C(=O)N2CCN(CC(=O)Nc3ccc(F)cc3)CC2)O1. The normalized spacial score (nSPS) is 23.8. The van der Waals surface area contributed by atoms with Crippen molar-refractivity contribution in [2.24, 2.45) is 5.73 Å². The number of nitrogens with zero attached hydrogens (tertiary/aromatic N) is 2. The standard InChI is InChI=1S/C18H25FN4O3/c19-13-1-3-14(4-2-13)21-17(24)12-22-7-9-23(10-8-22)18(25)16-6-5-15(11-20)26-16/h1-4,15-16H,5-12,20H2,(H,21,24)/t15-,16+/m1/s1. The van der Waals surface area contributed by atoms with Crippen molar-refractivity contribution in [2.45, 2.75) is 25.0 Å². The van der Waals surface area contributed by atoms with Crippen molar-refractivity contribution in [2.75, 3.05) is 44.6 Å². The number of hydrogen-bond donors (Lipinski definition) is 2. The molecule has 0 aromatic heterocycles. The van der Waals surface area contributed by atoms with E-state index in [0.29, 0.717) is 38.4 Å². The Balaban J connectivity index is 1.41. The van der Waals surface area contributed by atoms with E-state index < -0.39 is 0 Å². The van der Waals surface area contributed by atoms with Gasteiger partial charge in [-0.15, -0.1) is 0 Å². The summed E-state index contributed by atoms with van der Waals surface area (Å²) in [5.41, 5.74) is 6.16. The van der Waals surface area contributed by atoms with Crippen molar-refractivity contribution in [3.05, 3.63) is 30.1 Å². The molecular formula is C18H25FN4O3. The van der Waals surface area contributed by atoms with Crippen LogP contribution in [0.15, 0.2) is 24.3 Å². The van der Waals surface area contributed by atoms with E-state index >= 15 is 0 Å². The van der Waals surface area contributed by atoms with Gasteiger partial charge in [-0.25, -0.2) is 4.39 Å². The fourth-order valence-corrected chi connectivity index (χ4v) is 3.33. The molecule has 26 heavy (non-hydrogen) atoms. The number of carbonyl (C=O) groups excluding carboxylic acids is 2. The van der Waals surface area contributed by atoms with Crippen LogP contribution in [0.1, 0.15) is 12.8 Å². The Morgan fingerprint density at radius 2 is 1.85 bits per heavy atom. The summed E-state index contributed by atoms with van der Waals surface area (Å²) in [6.45, 7) is 3.12. The summed E-state index contributed by atoms with van der Waals surface area (Å²) < 4.78 is 18.6. The third kappa shape index (κ3) is 4.78. The van der Waals surface area contributed by atoms with E-state index in [-0.39, 0.29) is 36.4 Å². The fourth-order valence-electron chi connectivity index (χ4n) is 3.33. The van der Waals surface area contributed by atoms with E-state index in [9.17, 15) is 14.0 Å². The summed E-state index contributed by atoms with van der Waals surface area (Å²) in [6, 6.07) is 5.67. The number of carbonyl (C=O) groups is 2. The van der Waals surface area contributed by atoms with Crippen LogP contribution in [0.2, 0.25) is 0 Å². The molecule has 2 amide bonds. The Labute approximate surface area is 152 Å². The molecule has 0 radical (unpaired) electrons. The van der Waals surface area contributed by atoms with E-state index in [0.717, 1.165) is 12.8 Å². The van der Waals surface area contributed by atoms with Crippen molar-refractivity contribution >= 4 is 17.5 Å². The van der Waals surface area contributed by atoms with Crippen LogP contribution in [-0.4, -0.2) is 73.1 Å². The molecule has 8 heteroatoms. The zero-order valence-corrected chi connectivity index (χ0v) is 14.7. The summed E-state index contributed by atoms with van der Waals surface area (Å²) in [5, 5.41) is 2.75. The Hall–Kier alpha value is -2.03. The molecule has 0 saturated carbocycles. The molecule has 3 N–H and O–H groups in total. The minimum Gasteiger partial charge on any atom is -0.364 e. The lowest BCUT2D eigenvalue weighted by atomic mass is 10.1. The third-order valence-electron chi connectivity index (χ3n) is 4.83. The van der Waals surface area contributed by atoms with Gasteiger partial charge in [-0.05, 0) is 37.1 Å². The Kier molecular flexibility index (Phi) is 6.18. The van der Waals surface area contributed by atoms with Crippen molar-refractivity contribution in [3.8, 4) is 0 Å². The number of nitrogens with two attached hydrogens (primary N) is 1. The first kappa shape index (κ1) is 18.8. The second-order valence-electron chi connectivity index (χ2n) is 6.72. The predicted octanol–water partition coefficient (Wildman–Crippen LogP) is 0.415. The molecule has 1 aromatic carbocycles. The van der Waals surface area contributed by atoms with Crippen LogP contribution in [0.3, 0.4) is 0 Å². The van der Waals surface area contributed by atoms with Gasteiger partial charge in [0, 0.05) is 38.4 Å². The van der Waals surface area contributed by atoms with Gasteiger partial charge in [-0.1, -0.05) is 0 Å². The zero-order valence-electron chi connectivity index (χ0n) is 14.7. The van der Waals surface area contributed by atoms with E-state index in [1.807, 2.05) is 4.90 Å². The van der Waals surface area contributed by atoms with Gasteiger partial charge in [0.05, 0.1) is 12.6 Å². The van der Waals surface area contributed by atoms with Crippen LogP contribution in [0, 0.1) is 5.82 Å². The summed E-state index contributed by atoms with van der Waals surface area (Å²) in [5.74, 6) is -0.467. The molecule has 2 aliphatic rings. The van der Waals surface area contributed by atoms with E-state index in [1.54, 1.807) is 4.90 Å². The van der Waals surface area contributed by atoms with Crippen molar-refractivity contribution in [1.29, 1.82) is 0 Å². The topological polar surface area (TPSA) is 87.9 Å².